The van der Waals surface area contributed by atoms with Crippen molar-refractivity contribution in [3.63, 3.8) is 0 Å². The van der Waals surface area contributed by atoms with Crippen LogP contribution in [0.1, 0.15) is 31.2 Å². The van der Waals surface area contributed by atoms with Crippen LogP contribution in [0.2, 0.25) is 0 Å². The zero-order valence-corrected chi connectivity index (χ0v) is 13.1. The SMILES string of the molecule is CN(CCC(=O)O)C(=O)NC1CC=C(c2ccc(F)cc2)CC1. The number of nitrogens with one attached hydrogen (secondary N) is 1. The van der Waals surface area contributed by atoms with Crippen molar-refractivity contribution in [1.29, 1.82) is 0 Å². The number of hydrogen-bond donors (Lipinski definition) is 2. The average molecular weight is 320 g/mol. The first kappa shape index (κ1) is 17.0. The van der Waals surface area contributed by atoms with E-state index < -0.39 is 5.97 Å². The van der Waals surface area contributed by atoms with Crippen LogP contribution in [0.4, 0.5) is 9.18 Å². The molecule has 2 N–H and O–H groups in total. The van der Waals surface area contributed by atoms with Gasteiger partial charge in [0.2, 0.25) is 0 Å². The number of urea groups is 1. The van der Waals surface area contributed by atoms with E-state index >= 15 is 0 Å². The van der Waals surface area contributed by atoms with E-state index in [2.05, 4.69) is 11.4 Å². The lowest BCUT2D eigenvalue weighted by Crippen LogP contribution is -2.44. The minimum Gasteiger partial charge on any atom is -0.481 e. The summed E-state index contributed by atoms with van der Waals surface area (Å²) in [6, 6.07) is 6.21. The lowest BCUT2D eigenvalue weighted by Gasteiger charge is -2.26. The van der Waals surface area contributed by atoms with Gasteiger partial charge in [0.1, 0.15) is 5.82 Å². The van der Waals surface area contributed by atoms with Crippen molar-refractivity contribution in [1.82, 2.24) is 10.2 Å². The molecule has 0 spiro atoms. The largest absolute Gasteiger partial charge is 0.481 e. The summed E-state index contributed by atoms with van der Waals surface area (Å²) in [6.45, 7) is 0.185. The van der Waals surface area contributed by atoms with Gasteiger partial charge in [-0.05, 0) is 42.5 Å². The van der Waals surface area contributed by atoms with Gasteiger partial charge in [0.05, 0.1) is 6.42 Å². The lowest BCUT2D eigenvalue weighted by atomic mass is 9.91. The third-order valence-electron chi connectivity index (χ3n) is 3.96. The number of carbonyl (C=O) groups excluding carboxylic acids is 1. The van der Waals surface area contributed by atoms with Gasteiger partial charge in [0, 0.05) is 19.6 Å². The van der Waals surface area contributed by atoms with E-state index in [0.717, 1.165) is 24.0 Å². The second kappa shape index (κ2) is 7.76. The number of carbonyl (C=O) groups is 2. The van der Waals surface area contributed by atoms with Crippen molar-refractivity contribution in [3.8, 4) is 0 Å². The van der Waals surface area contributed by atoms with Gasteiger partial charge in [0.25, 0.3) is 0 Å². The Labute approximate surface area is 134 Å². The minimum atomic E-state index is -0.922. The number of carboxylic acid groups (broad SMARTS) is 1. The van der Waals surface area contributed by atoms with Crippen LogP contribution in [-0.2, 0) is 4.79 Å². The first-order valence-electron chi connectivity index (χ1n) is 7.64. The van der Waals surface area contributed by atoms with Crippen LogP contribution in [0.15, 0.2) is 30.3 Å². The minimum absolute atomic E-state index is 0.0407. The maximum Gasteiger partial charge on any atom is 0.317 e. The number of hydrogen-bond acceptors (Lipinski definition) is 2. The fraction of sp³-hybridized carbons (Fsp3) is 0.412. The number of benzene rings is 1. The van der Waals surface area contributed by atoms with E-state index in [4.69, 9.17) is 5.11 Å². The Balaban J connectivity index is 1.85. The highest BCUT2D eigenvalue weighted by atomic mass is 19.1. The van der Waals surface area contributed by atoms with Gasteiger partial charge in [-0.1, -0.05) is 18.2 Å². The zero-order valence-electron chi connectivity index (χ0n) is 13.1. The van der Waals surface area contributed by atoms with Crippen molar-refractivity contribution in [2.75, 3.05) is 13.6 Å². The van der Waals surface area contributed by atoms with Crippen molar-refractivity contribution in [3.05, 3.63) is 41.7 Å². The summed E-state index contributed by atoms with van der Waals surface area (Å²) in [7, 11) is 1.58. The normalized spacial score (nSPS) is 17.3. The smallest absolute Gasteiger partial charge is 0.317 e. The molecule has 0 saturated carbocycles. The quantitative estimate of drug-likeness (QED) is 0.876. The summed E-state index contributed by atoms with van der Waals surface area (Å²) in [5.74, 6) is -1.17. The standard InChI is InChI=1S/C17H21FN2O3/c1-20(11-10-16(21)22)17(23)19-15-8-4-13(5-9-15)12-2-6-14(18)7-3-12/h2-4,6-7,15H,5,8-11H2,1H3,(H,19,23)(H,21,22). The van der Waals surface area contributed by atoms with Crippen molar-refractivity contribution >= 4 is 17.6 Å². The average Bonchev–Trinajstić information content (AvgIpc) is 2.54. The number of nitrogens with zero attached hydrogens (tertiary/aromatic N) is 1. The van der Waals surface area contributed by atoms with E-state index in [-0.39, 0.29) is 30.9 Å². The van der Waals surface area contributed by atoms with Gasteiger partial charge in [-0.15, -0.1) is 0 Å². The Morgan fingerprint density at radius 2 is 2.04 bits per heavy atom. The first-order valence-corrected chi connectivity index (χ1v) is 7.64. The molecule has 0 fully saturated rings. The summed E-state index contributed by atoms with van der Waals surface area (Å²) in [5, 5.41) is 11.5. The highest BCUT2D eigenvalue weighted by Gasteiger charge is 2.19. The van der Waals surface area contributed by atoms with Crippen LogP contribution in [0.3, 0.4) is 0 Å². The molecule has 5 nitrogen and oxygen atoms in total. The molecule has 1 aliphatic carbocycles. The van der Waals surface area contributed by atoms with Crippen molar-refractivity contribution in [2.45, 2.75) is 31.7 Å². The summed E-state index contributed by atoms with van der Waals surface area (Å²) < 4.78 is 12.9. The summed E-state index contributed by atoms with van der Waals surface area (Å²) in [6.07, 6.45) is 4.34. The van der Waals surface area contributed by atoms with Crippen LogP contribution in [-0.4, -0.2) is 41.6 Å². The van der Waals surface area contributed by atoms with Crippen molar-refractivity contribution < 1.29 is 19.1 Å². The second-order valence-corrected chi connectivity index (χ2v) is 5.72. The Bertz CT molecular complexity index is 598. The molecule has 0 radical (unpaired) electrons. The Morgan fingerprint density at radius 3 is 2.61 bits per heavy atom. The molecule has 6 heteroatoms. The summed E-state index contributed by atoms with van der Waals surface area (Å²) in [5.41, 5.74) is 2.17. The third kappa shape index (κ3) is 5.09. The van der Waals surface area contributed by atoms with Gasteiger partial charge < -0.3 is 15.3 Å². The van der Waals surface area contributed by atoms with Gasteiger partial charge in [0.15, 0.2) is 0 Å². The number of aliphatic carboxylic acids is 1. The molecule has 2 rings (SSSR count). The summed E-state index contributed by atoms with van der Waals surface area (Å²) >= 11 is 0. The molecule has 0 heterocycles. The maximum atomic E-state index is 12.9. The monoisotopic (exact) mass is 320 g/mol. The van der Waals surface area contributed by atoms with Gasteiger partial charge in [-0.2, -0.15) is 0 Å². The predicted molar refractivity (Wildman–Crippen MR) is 85.4 cm³/mol. The van der Waals surface area contributed by atoms with Crippen LogP contribution in [0, 0.1) is 5.82 Å². The number of carboxylic acids is 1. The fourth-order valence-electron chi connectivity index (χ4n) is 2.54. The molecule has 1 aliphatic rings. The molecule has 0 aliphatic heterocycles. The first-order chi connectivity index (χ1) is 11.0. The Morgan fingerprint density at radius 1 is 1.35 bits per heavy atom. The Kier molecular flexibility index (Phi) is 5.73. The molecule has 0 bridgehead atoms. The molecule has 0 saturated heterocycles. The van der Waals surface area contributed by atoms with Crippen LogP contribution < -0.4 is 5.32 Å². The topological polar surface area (TPSA) is 69.6 Å². The van der Waals surface area contributed by atoms with Crippen LogP contribution in [0.25, 0.3) is 5.57 Å². The van der Waals surface area contributed by atoms with Gasteiger partial charge >= 0.3 is 12.0 Å². The second-order valence-electron chi connectivity index (χ2n) is 5.72. The number of allylic oxidation sites excluding steroid dienone is 1. The molecule has 0 aromatic heterocycles. The lowest BCUT2D eigenvalue weighted by molar-refractivity contribution is -0.137. The van der Waals surface area contributed by atoms with E-state index in [1.54, 1.807) is 19.2 Å². The van der Waals surface area contributed by atoms with Gasteiger partial charge in [-0.3, -0.25) is 4.79 Å². The number of rotatable bonds is 5. The van der Waals surface area contributed by atoms with Gasteiger partial charge in [-0.25, -0.2) is 9.18 Å². The van der Waals surface area contributed by atoms with E-state index in [9.17, 15) is 14.0 Å². The van der Waals surface area contributed by atoms with Crippen LogP contribution >= 0.6 is 0 Å². The maximum absolute atomic E-state index is 12.9. The van der Waals surface area contributed by atoms with E-state index in [0.29, 0.717) is 6.42 Å². The van der Waals surface area contributed by atoms with Crippen LogP contribution in [0.5, 0.6) is 0 Å². The fourth-order valence-corrected chi connectivity index (χ4v) is 2.54. The molecule has 1 aromatic rings. The summed E-state index contributed by atoms with van der Waals surface area (Å²) in [4.78, 5) is 23.9. The molecule has 1 aromatic carbocycles. The molecule has 2 amide bonds. The molecule has 124 valence electrons. The molecular weight excluding hydrogens is 299 g/mol. The molecule has 1 atom stereocenters. The highest BCUT2D eigenvalue weighted by Crippen LogP contribution is 2.27. The Hall–Kier alpha value is -2.37. The zero-order chi connectivity index (χ0) is 16.8. The van der Waals surface area contributed by atoms with Crippen molar-refractivity contribution in [2.24, 2.45) is 0 Å². The number of halogens is 1. The number of amides is 2. The van der Waals surface area contributed by atoms with E-state index in [1.807, 2.05) is 0 Å². The third-order valence-corrected chi connectivity index (χ3v) is 3.96. The molecule has 1 unspecified atom stereocenters. The molecule has 23 heavy (non-hydrogen) atoms. The highest BCUT2D eigenvalue weighted by molar-refractivity contribution is 5.75. The molecular formula is C17H21FN2O3. The predicted octanol–water partition coefficient (Wildman–Crippen LogP) is 2.88. The van der Waals surface area contributed by atoms with E-state index in [1.165, 1.54) is 17.0 Å².